The molecule has 1 aliphatic carbocycles. The van der Waals surface area contributed by atoms with E-state index in [4.69, 9.17) is 11.6 Å². The first-order valence-electron chi connectivity index (χ1n) is 6.85. The molecule has 1 aromatic rings. The minimum absolute atomic E-state index is 0.340. The van der Waals surface area contributed by atoms with Crippen LogP contribution in [0.2, 0.25) is 5.15 Å². The van der Waals surface area contributed by atoms with E-state index in [0.29, 0.717) is 22.5 Å². The van der Waals surface area contributed by atoms with Crippen molar-refractivity contribution in [3.63, 3.8) is 0 Å². The van der Waals surface area contributed by atoms with Crippen LogP contribution in [0.25, 0.3) is 0 Å². The lowest BCUT2D eigenvalue weighted by molar-refractivity contribution is 0.163. The van der Waals surface area contributed by atoms with Crippen LogP contribution in [-0.4, -0.2) is 11.0 Å². The summed E-state index contributed by atoms with van der Waals surface area (Å²) < 4.78 is 0. The largest absolute Gasteiger partial charge is 0.380 e. The Bertz CT molecular complexity index is 398. The number of nitrogens with one attached hydrogen (secondary N) is 1. The number of hydrogen-bond donors (Lipinski definition) is 1. The summed E-state index contributed by atoms with van der Waals surface area (Å²) in [4.78, 5) is 4.13. The first-order valence-corrected chi connectivity index (χ1v) is 7.23. The summed E-state index contributed by atoms with van der Waals surface area (Å²) in [6, 6.07) is 4.47. The molecule has 100 valence electrons. The number of nitrogens with zero attached hydrogens (tertiary/aromatic N) is 1. The van der Waals surface area contributed by atoms with E-state index in [9.17, 15) is 0 Å². The molecule has 0 amide bonds. The molecular formula is C15H23ClN2. The lowest BCUT2D eigenvalue weighted by atomic mass is 9.69. The molecule has 1 aromatic heterocycles. The quantitative estimate of drug-likeness (QED) is 0.782. The molecule has 1 aliphatic rings. The molecule has 0 aromatic carbocycles. The first-order chi connectivity index (χ1) is 8.48. The highest BCUT2D eigenvalue weighted by Gasteiger charge is 2.34. The van der Waals surface area contributed by atoms with Crippen molar-refractivity contribution in [1.82, 2.24) is 4.98 Å². The molecule has 1 N–H and O–H groups in total. The third kappa shape index (κ3) is 3.17. The lowest BCUT2D eigenvalue weighted by Crippen LogP contribution is -2.39. The van der Waals surface area contributed by atoms with Crippen molar-refractivity contribution in [2.24, 2.45) is 11.3 Å². The molecule has 0 aliphatic heterocycles. The second-order valence-corrected chi connectivity index (χ2v) is 6.71. The Kier molecular flexibility index (Phi) is 4.16. The van der Waals surface area contributed by atoms with Gasteiger partial charge in [0, 0.05) is 12.2 Å². The van der Waals surface area contributed by atoms with Crippen LogP contribution in [0, 0.1) is 11.3 Å². The highest BCUT2D eigenvalue weighted by Crippen LogP contribution is 2.39. The molecule has 3 heteroatoms. The maximum atomic E-state index is 6.13. The molecule has 18 heavy (non-hydrogen) atoms. The van der Waals surface area contributed by atoms with Crippen molar-refractivity contribution in [1.29, 1.82) is 0 Å². The first kappa shape index (κ1) is 13.7. The van der Waals surface area contributed by atoms with E-state index in [1.165, 1.54) is 25.7 Å². The Morgan fingerprint density at radius 2 is 2.00 bits per heavy atom. The Morgan fingerprint density at radius 1 is 1.28 bits per heavy atom. The molecule has 1 saturated carbocycles. The van der Waals surface area contributed by atoms with E-state index in [1.54, 1.807) is 6.20 Å². The summed E-state index contributed by atoms with van der Waals surface area (Å²) >= 11 is 6.13. The zero-order chi connectivity index (χ0) is 13.2. The molecule has 0 radical (unpaired) electrons. The van der Waals surface area contributed by atoms with Gasteiger partial charge in [0.1, 0.15) is 0 Å². The van der Waals surface area contributed by atoms with E-state index in [2.05, 4.69) is 31.1 Å². The van der Waals surface area contributed by atoms with Crippen molar-refractivity contribution < 1.29 is 0 Å². The Labute approximate surface area is 115 Å². The summed E-state index contributed by atoms with van der Waals surface area (Å²) in [5.41, 5.74) is 1.31. The molecule has 1 heterocycles. The predicted octanol–water partition coefficient (Wildman–Crippen LogP) is 4.75. The van der Waals surface area contributed by atoms with Crippen molar-refractivity contribution in [2.75, 3.05) is 5.32 Å². The SMILES string of the molecule is CC(C)(C)C1CCCCC1Nc1cccnc1Cl. The summed E-state index contributed by atoms with van der Waals surface area (Å²) in [7, 11) is 0. The fraction of sp³-hybridized carbons (Fsp3) is 0.667. The van der Waals surface area contributed by atoms with Gasteiger partial charge in [0.25, 0.3) is 0 Å². The molecule has 2 unspecified atom stereocenters. The minimum atomic E-state index is 0.340. The van der Waals surface area contributed by atoms with Crippen molar-refractivity contribution in [3.8, 4) is 0 Å². The zero-order valence-corrected chi connectivity index (χ0v) is 12.3. The number of anilines is 1. The fourth-order valence-corrected chi connectivity index (χ4v) is 3.21. The van der Waals surface area contributed by atoms with Crippen LogP contribution in [0.4, 0.5) is 5.69 Å². The number of pyridine rings is 1. The van der Waals surface area contributed by atoms with Crippen LogP contribution in [0.15, 0.2) is 18.3 Å². The predicted molar refractivity (Wildman–Crippen MR) is 78.1 cm³/mol. The average molecular weight is 267 g/mol. The van der Waals surface area contributed by atoms with Gasteiger partial charge >= 0.3 is 0 Å². The van der Waals surface area contributed by atoms with E-state index in [0.717, 1.165) is 5.69 Å². The van der Waals surface area contributed by atoms with Gasteiger partial charge in [-0.2, -0.15) is 0 Å². The van der Waals surface area contributed by atoms with Gasteiger partial charge in [-0.05, 0) is 36.3 Å². The van der Waals surface area contributed by atoms with Crippen LogP contribution in [0.1, 0.15) is 46.5 Å². The van der Waals surface area contributed by atoms with Crippen molar-refractivity contribution in [3.05, 3.63) is 23.5 Å². The third-order valence-corrected chi connectivity index (χ3v) is 4.28. The molecule has 2 rings (SSSR count). The number of halogens is 1. The Morgan fingerprint density at radius 3 is 2.67 bits per heavy atom. The zero-order valence-electron chi connectivity index (χ0n) is 11.5. The molecule has 2 atom stereocenters. The molecule has 0 spiro atoms. The number of hydrogen-bond acceptors (Lipinski definition) is 2. The summed E-state index contributed by atoms with van der Waals surface area (Å²) in [6.07, 6.45) is 6.92. The van der Waals surface area contributed by atoms with Crippen LogP contribution >= 0.6 is 11.6 Å². The number of rotatable bonds is 2. The van der Waals surface area contributed by atoms with Gasteiger partial charge in [0.2, 0.25) is 0 Å². The highest BCUT2D eigenvalue weighted by molar-refractivity contribution is 6.31. The molecule has 2 nitrogen and oxygen atoms in total. The van der Waals surface area contributed by atoms with E-state index >= 15 is 0 Å². The Hall–Kier alpha value is -0.760. The van der Waals surface area contributed by atoms with E-state index in [1.807, 2.05) is 12.1 Å². The Balaban J connectivity index is 2.13. The normalized spacial score (nSPS) is 24.9. The van der Waals surface area contributed by atoms with Gasteiger partial charge in [-0.25, -0.2) is 4.98 Å². The third-order valence-electron chi connectivity index (χ3n) is 3.98. The van der Waals surface area contributed by atoms with Crippen molar-refractivity contribution in [2.45, 2.75) is 52.5 Å². The molecule has 0 bridgehead atoms. The summed E-state index contributed by atoms with van der Waals surface area (Å²) in [5, 5.41) is 4.19. The van der Waals surface area contributed by atoms with Gasteiger partial charge in [-0.15, -0.1) is 0 Å². The van der Waals surface area contributed by atoms with Crippen LogP contribution in [-0.2, 0) is 0 Å². The maximum Gasteiger partial charge on any atom is 0.152 e. The van der Waals surface area contributed by atoms with E-state index < -0.39 is 0 Å². The van der Waals surface area contributed by atoms with Gasteiger partial charge in [0.05, 0.1) is 5.69 Å². The highest BCUT2D eigenvalue weighted by atomic mass is 35.5. The summed E-state index contributed by atoms with van der Waals surface area (Å²) in [5.74, 6) is 0.697. The number of aromatic nitrogens is 1. The summed E-state index contributed by atoms with van der Waals surface area (Å²) in [6.45, 7) is 7.01. The van der Waals surface area contributed by atoms with Gasteiger partial charge in [-0.3, -0.25) is 0 Å². The van der Waals surface area contributed by atoms with E-state index in [-0.39, 0.29) is 0 Å². The lowest BCUT2D eigenvalue weighted by Gasteiger charge is -2.41. The van der Waals surface area contributed by atoms with Gasteiger partial charge in [-0.1, -0.05) is 45.2 Å². The topological polar surface area (TPSA) is 24.9 Å². The standard InChI is InChI=1S/C15H23ClN2/c1-15(2,3)11-7-4-5-8-12(11)18-13-9-6-10-17-14(13)16/h6,9-12,18H,4-5,7-8H2,1-3H3. The second kappa shape index (κ2) is 5.48. The van der Waals surface area contributed by atoms with Crippen LogP contribution in [0.5, 0.6) is 0 Å². The fourth-order valence-electron chi connectivity index (χ4n) is 3.03. The van der Waals surface area contributed by atoms with Crippen LogP contribution < -0.4 is 5.32 Å². The average Bonchev–Trinajstić information content (AvgIpc) is 2.31. The maximum absolute atomic E-state index is 6.13. The molecule has 0 saturated heterocycles. The monoisotopic (exact) mass is 266 g/mol. The van der Waals surface area contributed by atoms with Gasteiger partial charge in [0.15, 0.2) is 5.15 Å². The smallest absolute Gasteiger partial charge is 0.152 e. The van der Waals surface area contributed by atoms with Gasteiger partial charge < -0.3 is 5.32 Å². The molecular weight excluding hydrogens is 244 g/mol. The minimum Gasteiger partial charge on any atom is -0.380 e. The molecule has 1 fully saturated rings. The second-order valence-electron chi connectivity index (χ2n) is 6.35. The van der Waals surface area contributed by atoms with Crippen LogP contribution in [0.3, 0.4) is 0 Å². The van der Waals surface area contributed by atoms with Crippen molar-refractivity contribution >= 4 is 17.3 Å².